The van der Waals surface area contributed by atoms with E-state index < -0.39 is 10.0 Å². The van der Waals surface area contributed by atoms with Gasteiger partial charge in [0.15, 0.2) is 16.6 Å². The van der Waals surface area contributed by atoms with Gasteiger partial charge < -0.3 is 14.8 Å². The lowest BCUT2D eigenvalue weighted by Gasteiger charge is -2.30. The Bertz CT molecular complexity index is 1360. The number of fused-ring (bicyclic) bond motifs is 1. The molecule has 0 saturated carbocycles. The fourth-order valence-corrected chi connectivity index (χ4v) is 6.56. The highest BCUT2D eigenvalue weighted by molar-refractivity contribution is 7.89. The molecular weight excluding hydrogens is 486 g/mol. The number of hydrogen-bond donors (Lipinski definition) is 1. The maximum atomic E-state index is 13.2. The van der Waals surface area contributed by atoms with Crippen molar-refractivity contribution in [3.05, 3.63) is 52.9 Å². The van der Waals surface area contributed by atoms with Crippen LogP contribution in [0.5, 0.6) is 11.5 Å². The third-order valence-corrected chi connectivity index (χ3v) is 9.03. The molecule has 3 aromatic rings. The Balaban J connectivity index is 1.21. The number of amides is 1. The monoisotopic (exact) mass is 513 g/mol. The predicted octanol–water partition coefficient (Wildman–Crippen LogP) is 4.24. The molecule has 1 aromatic heterocycles. The van der Waals surface area contributed by atoms with E-state index in [1.54, 1.807) is 6.07 Å². The van der Waals surface area contributed by atoms with Gasteiger partial charge in [0.05, 0.1) is 10.6 Å². The molecule has 184 valence electrons. The van der Waals surface area contributed by atoms with Crippen molar-refractivity contribution in [2.24, 2.45) is 5.92 Å². The maximum Gasteiger partial charge on any atom is 0.243 e. The van der Waals surface area contributed by atoms with E-state index in [1.807, 2.05) is 19.2 Å². The average Bonchev–Trinajstić information content (AvgIpc) is 3.33. The van der Waals surface area contributed by atoms with E-state index in [4.69, 9.17) is 9.47 Å². The number of thiazole rings is 1. The normalized spacial score (nSPS) is 16.7. The summed E-state index contributed by atoms with van der Waals surface area (Å²) in [7, 11) is -3.68. The quantitative estimate of drug-likeness (QED) is 0.548. The zero-order valence-electron chi connectivity index (χ0n) is 19.6. The van der Waals surface area contributed by atoms with Gasteiger partial charge in [-0.05, 0) is 50.5 Å². The lowest BCUT2D eigenvalue weighted by molar-refractivity contribution is -0.120. The number of nitrogens with zero attached hydrogens (tertiary/aromatic N) is 2. The first-order valence-electron chi connectivity index (χ1n) is 11.5. The number of rotatable bonds is 5. The molecule has 10 heteroatoms. The first-order chi connectivity index (χ1) is 16.8. The molecule has 2 aliphatic rings. The predicted molar refractivity (Wildman–Crippen MR) is 135 cm³/mol. The number of hydrogen-bond acceptors (Lipinski definition) is 7. The molecule has 0 atom stereocenters. The van der Waals surface area contributed by atoms with Gasteiger partial charge in [-0.25, -0.2) is 13.4 Å². The first kappa shape index (κ1) is 23.8. The third-order valence-electron chi connectivity index (χ3n) is 6.38. The highest BCUT2D eigenvalue weighted by Crippen LogP contribution is 2.34. The fourth-order valence-electron chi connectivity index (χ4n) is 4.37. The van der Waals surface area contributed by atoms with Crippen molar-refractivity contribution in [2.45, 2.75) is 31.6 Å². The highest BCUT2D eigenvalue weighted by atomic mass is 32.2. The number of ether oxygens (including phenoxy) is 2. The molecule has 1 fully saturated rings. The van der Waals surface area contributed by atoms with Gasteiger partial charge in [0.1, 0.15) is 13.2 Å². The van der Waals surface area contributed by atoms with Crippen LogP contribution in [-0.2, 0) is 14.8 Å². The van der Waals surface area contributed by atoms with E-state index in [0.717, 1.165) is 22.4 Å². The zero-order valence-corrected chi connectivity index (χ0v) is 21.2. The SMILES string of the molecule is Cc1ccc(C)c(-c2csc(NC(=O)C3CCN(S(=O)(=O)c4ccc5c(c4)OCCO5)CC3)n2)c1. The molecule has 1 amide bonds. The van der Waals surface area contributed by atoms with Crippen LogP contribution in [0.15, 0.2) is 46.7 Å². The Morgan fingerprint density at radius 3 is 2.57 bits per heavy atom. The van der Waals surface area contributed by atoms with Crippen LogP contribution in [0.25, 0.3) is 11.3 Å². The van der Waals surface area contributed by atoms with Crippen molar-refractivity contribution < 1.29 is 22.7 Å². The van der Waals surface area contributed by atoms with Gasteiger partial charge in [0.2, 0.25) is 15.9 Å². The summed E-state index contributed by atoms with van der Waals surface area (Å²) in [5.74, 6) is 0.599. The van der Waals surface area contributed by atoms with Crippen molar-refractivity contribution in [1.82, 2.24) is 9.29 Å². The number of aromatic nitrogens is 1. The molecule has 2 aliphatic heterocycles. The summed E-state index contributed by atoms with van der Waals surface area (Å²) in [6.45, 7) is 5.48. The van der Waals surface area contributed by atoms with Crippen LogP contribution in [0.1, 0.15) is 24.0 Å². The molecule has 0 aliphatic carbocycles. The van der Waals surface area contributed by atoms with Crippen molar-refractivity contribution in [3.63, 3.8) is 0 Å². The highest BCUT2D eigenvalue weighted by Gasteiger charge is 2.33. The summed E-state index contributed by atoms with van der Waals surface area (Å²) in [6, 6.07) is 10.9. The summed E-state index contributed by atoms with van der Waals surface area (Å²) in [6.07, 6.45) is 0.898. The largest absolute Gasteiger partial charge is 0.486 e. The number of benzene rings is 2. The fraction of sp³-hybridized carbons (Fsp3) is 0.360. The third kappa shape index (κ3) is 4.91. The number of carbonyl (C=O) groups is 1. The minimum atomic E-state index is -3.68. The second-order valence-corrected chi connectivity index (χ2v) is 11.6. The Kier molecular flexibility index (Phi) is 6.52. The molecule has 0 bridgehead atoms. The summed E-state index contributed by atoms with van der Waals surface area (Å²) < 4.78 is 38.7. The number of aryl methyl sites for hydroxylation is 2. The minimum absolute atomic E-state index is 0.122. The molecule has 2 aromatic carbocycles. The van der Waals surface area contributed by atoms with Gasteiger partial charge >= 0.3 is 0 Å². The Morgan fingerprint density at radius 2 is 1.80 bits per heavy atom. The van der Waals surface area contributed by atoms with Crippen molar-refractivity contribution in [2.75, 3.05) is 31.6 Å². The van der Waals surface area contributed by atoms with E-state index in [0.29, 0.717) is 42.7 Å². The van der Waals surface area contributed by atoms with Crippen molar-refractivity contribution in [1.29, 1.82) is 0 Å². The summed E-state index contributed by atoms with van der Waals surface area (Å²) >= 11 is 1.39. The van der Waals surface area contributed by atoms with E-state index >= 15 is 0 Å². The van der Waals surface area contributed by atoms with Crippen LogP contribution < -0.4 is 14.8 Å². The average molecular weight is 514 g/mol. The number of piperidine rings is 1. The van der Waals surface area contributed by atoms with E-state index in [2.05, 4.69) is 28.5 Å². The Hall–Kier alpha value is -2.95. The first-order valence-corrected chi connectivity index (χ1v) is 13.9. The smallest absolute Gasteiger partial charge is 0.243 e. The topological polar surface area (TPSA) is 97.8 Å². The molecule has 0 radical (unpaired) electrons. The molecule has 5 rings (SSSR count). The van der Waals surface area contributed by atoms with Gasteiger partial charge in [-0.15, -0.1) is 11.3 Å². The Labute approximate surface area is 209 Å². The minimum Gasteiger partial charge on any atom is -0.486 e. The lowest BCUT2D eigenvalue weighted by atomic mass is 9.97. The molecule has 0 unspecified atom stereocenters. The van der Waals surface area contributed by atoms with Crippen molar-refractivity contribution >= 4 is 32.4 Å². The van der Waals surface area contributed by atoms with Crippen LogP contribution in [0.4, 0.5) is 5.13 Å². The molecule has 1 saturated heterocycles. The van der Waals surface area contributed by atoms with Gasteiger partial charge in [0, 0.05) is 36.0 Å². The van der Waals surface area contributed by atoms with Crippen LogP contribution in [0.3, 0.4) is 0 Å². The molecule has 35 heavy (non-hydrogen) atoms. The molecule has 0 spiro atoms. The van der Waals surface area contributed by atoms with E-state index in [1.165, 1.54) is 27.8 Å². The van der Waals surface area contributed by atoms with Crippen LogP contribution in [0, 0.1) is 19.8 Å². The number of sulfonamides is 1. The number of carbonyl (C=O) groups excluding carboxylic acids is 1. The number of nitrogens with one attached hydrogen (secondary N) is 1. The second-order valence-electron chi connectivity index (χ2n) is 8.83. The summed E-state index contributed by atoms with van der Waals surface area (Å²) in [5, 5.41) is 5.42. The Morgan fingerprint density at radius 1 is 1.06 bits per heavy atom. The molecular formula is C25H27N3O5S2. The molecule has 3 heterocycles. The summed E-state index contributed by atoms with van der Waals surface area (Å²) in [5.41, 5.74) is 4.18. The second kappa shape index (κ2) is 9.60. The van der Waals surface area contributed by atoms with Gasteiger partial charge in [-0.1, -0.05) is 17.7 Å². The summed E-state index contributed by atoms with van der Waals surface area (Å²) in [4.78, 5) is 17.7. The van der Waals surface area contributed by atoms with Gasteiger partial charge in [0.25, 0.3) is 0 Å². The van der Waals surface area contributed by atoms with Crippen LogP contribution in [-0.4, -0.2) is 49.9 Å². The molecule has 1 N–H and O–H groups in total. The van der Waals surface area contributed by atoms with E-state index in [9.17, 15) is 13.2 Å². The maximum absolute atomic E-state index is 13.2. The van der Waals surface area contributed by atoms with E-state index in [-0.39, 0.29) is 29.8 Å². The van der Waals surface area contributed by atoms with Crippen LogP contribution >= 0.6 is 11.3 Å². The van der Waals surface area contributed by atoms with Gasteiger partial charge in [-0.2, -0.15) is 4.31 Å². The number of anilines is 1. The lowest BCUT2D eigenvalue weighted by Crippen LogP contribution is -2.41. The van der Waals surface area contributed by atoms with Gasteiger partial charge in [-0.3, -0.25) is 4.79 Å². The zero-order chi connectivity index (χ0) is 24.6. The molecule has 8 nitrogen and oxygen atoms in total. The van der Waals surface area contributed by atoms with Crippen molar-refractivity contribution in [3.8, 4) is 22.8 Å². The van der Waals surface area contributed by atoms with Crippen LogP contribution in [0.2, 0.25) is 0 Å². The standard InChI is InChI=1S/C25H27N3O5S2/c1-16-3-4-17(2)20(13-16)21-15-34-25(26-21)27-24(29)18-7-9-28(10-8-18)35(30,31)19-5-6-22-23(14-19)33-12-11-32-22/h3-6,13-15,18H,7-12H2,1-2H3,(H,26,27,29).